The van der Waals surface area contributed by atoms with Crippen LogP contribution in [0.1, 0.15) is 27.7 Å². The molecule has 0 atom stereocenters. The van der Waals surface area contributed by atoms with Gasteiger partial charge in [-0.1, -0.05) is 29.7 Å². The first-order valence-corrected chi connectivity index (χ1v) is 12.4. The highest BCUT2D eigenvalue weighted by atomic mass is 16.5. The quantitative estimate of drug-likeness (QED) is 0.0824. The normalized spacial score (nSPS) is 11.9. The van der Waals surface area contributed by atoms with Crippen LogP contribution in [-0.4, -0.2) is 89.8 Å². The maximum Gasteiger partial charge on any atom is 0.330 e. The highest BCUT2D eigenvalue weighted by Crippen LogP contribution is 2.56. The van der Waals surface area contributed by atoms with E-state index in [9.17, 15) is 56.2 Å². The summed E-state index contributed by atoms with van der Waals surface area (Å²) in [5.74, 6) is -13.8. The number of rotatable bonds is 7. The lowest BCUT2D eigenvalue weighted by molar-refractivity contribution is -0.0893. The van der Waals surface area contributed by atoms with Gasteiger partial charge in [0.15, 0.2) is 40.5 Å². The predicted octanol–water partition coefficient (Wildman–Crippen LogP) is 1.74. The molecule has 225 valence electrons. The van der Waals surface area contributed by atoms with Crippen molar-refractivity contribution in [3.05, 3.63) is 24.3 Å². The molecule has 0 fully saturated rings. The third-order valence-electron chi connectivity index (χ3n) is 6.96. The second-order valence-electron chi connectivity index (χ2n) is 10.5. The van der Waals surface area contributed by atoms with Gasteiger partial charge in [0.05, 0.1) is 11.2 Å². The Bertz CT molecular complexity index is 1590. The van der Waals surface area contributed by atoms with Crippen molar-refractivity contribution in [1.29, 1.82) is 0 Å². The van der Waals surface area contributed by atoms with Crippen molar-refractivity contribution in [2.75, 3.05) is 0 Å². The molecule has 1 heterocycles. The van der Waals surface area contributed by atoms with Gasteiger partial charge in [-0.15, -0.1) is 0 Å². The number of benzene rings is 3. The monoisotopic (exact) mass is 596 g/mol. The van der Waals surface area contributed by atoms with Crippen molar-refractivity contribution >= 4 is 12.9 Å². The fourth-order valence-corrected chi connectivity index (χ4v) is 3.59. The van der Waals surface area contributed by atoms with Crippen molar-refractivity contribution in [3.8, 4) is 91.7 Å². The van der Waals surface area contributed by atoms with Crippen LogP contribution in [0.3, 0.4) is 0 Å². The van der Waals surface area contributed by atoms with Crippen LogP contribution in [-0.2, 0) is 4.65 Å². The van der Waals surface area contributed by atoms with E-state index in [0.29, 0.717) is 5.46 Å². The van der Waals surface area contributed by atoms with Crippen LogP contribution in [0, 0.1) is 0 Å². The van der Waals surface area contributed by atoms with E-state index in [-0.39, 0.29) is 11.4 Å². The molecule has 1 aromatic heterocycles. The van der Waals surface area contributed by atoms with Crippen LogP contribution in [0.2, 0.25) is 0 Å². The number of phenolic OH excluding ortho intramolecular Hbond substituents is 10. The SMILES string of the molecule is CC(C)(O)C(C)(C)O[B]c1ccc(-c2nc(-c3c(O)c(O)c(O)c(O)c3O)nc(-c3c(O)c(O)c(O)c(O)c3O)n2)cc1. The van der Waals surface area contributed by atoms with E-state index < -0.39 is 91.5 Å². The molecule has 3 aromatic carbocycles. The first-order chi connectivity index (χ1) is 19.9. The molecule has 0 aliphatic carbocycles. The van der Waals surface area contributed by atoms with Crippen molar-refractivity contribution in [2.24, 2.45) is 0 Å². The molecule has 0 spiro atoms. The second-order valence-corrected chi connectivity index (χ2v) is 10.5. The van der Waals surface area contributed by atoms with Crippen LogP contribution in [0.5, 0.6) is 57.5 Å². The van der Waals surface area contributed by atoms with Gasteiger partial charge in [-0.2, -0.15) is 0 Å². The Morgan fingerprint density at radius 1 is 0.512 bits per heavy atom. The minimum Gasteiger partial charge on any atom is -0.504 e. The van der Waals surface area contributed by atoms with Crippen LogP contribution in [0.25, 0.3) is 34.2 Å². The zero-order chi connectivity index (χ0) is 32.2. The zero-order valence-electron chi connectivity index (χ0n) is 23.1. The molecule has 0 bridgehead atoms. The lowest BCUT2D eigenvalue weighted by Crippen LogP contribution is -2.49. The average molecular weight is 596 g/mol. The van der Waals surface area contributed by atoms with E-state index in [1.54, 1.807) is 39.8 Å². The molecule has 4 aromatic rings. The highest BCUT2D eigenvalue weighted by molar-refractivity contribution is 6.47. The Labute approximate surface area is 243 Å². The van der Waals surface area contributed by atoms with E-state index in [1.807, 2.05) is 0 Å². The van der Waals surface area contributed by atoms with Crippen LogP contribution >= 0.6 is 0 Å². The van der Waals surface area contributed by atoms with E-state index in [2.05, 4.69) is 15.0 Å². The summed E-state index contributed by atoms with van der Waals surface area (Å²) in [6, 6.07) is 6.12. The number of hydrogen-bond acceptors (Lipinski definition) is 15. The van der Waals surface area contributed by atoms with Gasteiger partial charge in [0.25, 0.3) is 0 Å². The summed E-state index contributed by atoms with van der Waals surface area (Å²) in [4.78, 5) is 12.2. The molecule has 16 heteroatoms. The maximum atomic E-state index is 10.5. The Hall–Kier alpha value is -5.35. The van der Waals surface area contributed by atoms with Crippen molar-refractivity contribution in [2.45, 2.75) is 38.9 Å². The maximum absolute atomic E-state index is 10.5. The highest BCUT2D eigenvalue weighted by Gasteiger charge is 2.36. The Kier molecular flexibility index (Phi) is 7.47. The molecule has 1 radical (unpaired) electrons. The van der Waals surface area contributed by atoms with E-state index in [4.69, 9.17) is 4.65 Å². The van der Waals surface area contributed by atoms with Gasteiger partial charge < -0.3 is 60.8 Å². The molecular formula is C27H27BN3O12. The summed E-state index contributed by atoms with van der Waals surface area (Å²) >= 11 is 0. The van der Waals surface area contributed by atoms with Gasteiger partial charge in [0.1, 0.15) is 11.1 Å². The van der Waals surface area contributed by atoms with Crippen molar-refractivity contribution < 1.29 is 60.8 Å². The van der Waals surface area contributed by atoms with E-state index in [1.165, 1.54) is 19.6 Å². The van der Waals surface area contributed by atoms with Gasteiger partial charge in [-0.25, -0.2) is 15.0 Å². The fraction of sp³-hybridized carbons (Fsp3) is 0.222. The number of aromatic nitrogens is 3. The molecular weight excluding hydrogens is 569 g/mol. The van der Waals surface area contributed by atoms with Gasteiger partial charge in [0.2, 0.25) is 34.5 Å². The lowest BCUT2D eigenvalue weighted by atomic mass is 9.82. The molecule has 11 N–H and O–H groups in total. The second kappa shape index (κ2) is 10.5. The van der Waals surface area contributed by atoms with Crippen LogP contribution in [0.4, 0.5) is 0 Å². The van der Waals surface area contributed by atoms with Crippen LogP contribution < -0.4 is 5.46 Å². The number of phenols is 10. The van der Waals surface area contributed by atoms with Crippen LogP contribution in [0.15, 0.2) is 24.3 Å². The zero-order valence-corrected chi connectivity index (χ0v) is 23.1. The molecule has 0 aliphatic heterocycles. The summed E-state index contributed by atoms with van der Waals surface area (Å²) in [5, 5.41) is 112. The van der Waals surface area contributed by atoms with Gasteiger partial charge in [-0.05, 0) is 27.7 Å². The molecule has 15 nitrogen and oxygen atoms in total. The third-order valence-corrected chi connectivity index (χ3v) is 6.96. The van der Waals surface area contributed by atoms with Crippen molar-refractivity contribution in [3.63, 3.8) is 0 Å². The summed E-state index contributed by atoms with van der Waals surface area (Å²) < 4.78 is 5.73. The molecule has 0 saturated carbocycles. The Morgan fingerprint density at radius 2 is 0.837 bits per heavy atom. The lowest BCUT2D eigenvalue weighted by Gasteiger charge is -2.37. The summed E-state index contributed by atoms with van der Waals surface area (Å²) in [7, 11) is 1.40. The molecule has 43 heavy (non-hydrogen) atoms. The molecule has 0 unspecified atom stereocenters. The van der Waals surface area contributed by atoms with E-state index >= 15 is 0 Å². The number of nitrogens with zero attached hydrogens (tertiary/aromatic N) is 3. The first kappa shape index (κ1) is 30.6. The van der Waals surface area contributed by atoms with Crippen molar-refractivity contribution in [1.82, 2.24) is 15.0 Å². The molecule has 4 rings (SSSR count). The Morgan fingerprint density at radius 3 is 1.19 bits per heavy atom. The number of hydrogen-bond donors (Lipinski definition) is 11. The molecule has 0 aliphatic rings. The molecule has 0 amide bonds. The first-order valence-electron chi connectivity index (χ1n) is 12.4. The standard InChI is InChI=1S/C27H27BN3O12/c1-26(2,42)27(3,4)43-28-10-7-5-9(6-8-10)23-29-24(11-13(32)17(36)21(40)18(37)14(11)33)31-25(30-23)12-15(34)19(38)22(41)20(39)16(12)35/h5-8,32-42H,1-4H3. The summed E-state index contributed by atoms with van der Waals surface area (Å²) in [5.41, 5.74) is -2.99. The minimum absolute atomic E-state index is 0.223. The minimum atomic E-state index is -1.25. The number of aliphatic hydroxyl groups is 1. The summed E-state index contributed by atoms with van der Waals surface area (Å²) in [6.07, 6.45) is 0. The Balaban J connectivity index is 1.92. The topological polar surface area (TPSA) is 270 Å². The van der Waals surface area contributed by atoms with Gasteiger partial charge in [-0.3, -0.25) is 0 Å². The number of aromatic hydroxyl groups is 10. The third kappa shape index (κ3) is 5.24. The van der Waals surface area contributed by atoms with E-state index in [0.717, 1.165) is 0 Å². The summed E-state index contributed by atoms with van der Waals surface area (Å²) in [6.45, 7) is 6.57. The average Bonchev–Trinajstić information content (AvgIpc) is 2.96. The molecule has 0 saturated heterocycles. The largest absolute Gasteiger partial charge is 0.504 e. The smallest absolute Gasteiger partial charge is 0.330 e. The fourth-order valence-electron chi connectivity index (χ4n) is 3.59. The van der Waals surface area contributed by atoms with Gasteiger partial charge in [0, 0.05) is 5.56 Å². The van der Waals surface area contributed by atoms with Gasteiger partial charge >= 0.3 is 7.48 Å². The predicted molar refractivity (Wildman–Crippen MR) is 150 cm³/mol.